The Balaban J connectivity index is 2.00. The number of pyridine rings is 1. The quantitative estimate of drug-likeness (QED) is 0.680. The van der Waals surface area contributed by atoms with E-state index in [4.69, 9.17) is 4.74 Å². The van der Waals surface area contributed by atoms with Crippen LogP contribution in [-0.4, -0.2) is 27.8 Å². The fraction of sp³-hybridized carbons (Fsp3) is 0.167. The van der Waals surface area contributed by atoms with Gasteiger partial charge in [0.05, 0.1) is 18.5 Å². The number of benzene rings is 1. The number of methoxy groups -OCH3 is 1. The highest BCUT2D eigenvalue weighted by Gasteiger charge is 2.29. The summed E-state index contributed by atoms with van der Waals surface area (Å²) in [6.07, 6.45) is 5.01. The maximum Gasteiger partial charge on any atom is 0.358 e. The summed E-state index contributed by atoms with van der Waals surface area (Å²) in [5, 5.41) is 4.46. The molecule has 0 aliphatic heterocycles. The zero-order valence-electron chi connectivity index (χ0n) is 13.0. The molecule has 0 atom stereocenters. The Kier molecular flexibility index (Phi) is 3.37. The number of aryl methyl sites for hydroxylation is 1. The highest BCUT2D eigenvalue weighted by Crippen LogP contribution is 2.36. The first-order valence-electron chi connectivity index (χ1n) is 7.58. The number of fused-ring (bicyclic) bond motifs is 3. The van der Waals surface area contributed by atoms with Gasteiger partial charge in [0.25, 0.3) is 0 Å². The molecule has 0 radical (unpaired) electrons. The minimum atomic E-state index is -0.468. The number of carbonyl (C=O) groups excluding carboxylic acids is 1. The van der Waals surface area contributed by atoms with Crippen molar-refractivity contribution in [2.45, 2.75) is 12.8 Å². The second-order valence-electron chi connectivity index (χ2n) is 5.59. The molecule has 1 aliphatic rings. The molecule has 2 heterocycles. The van der Waals surface area contributed by atoms with Crippen LogP contribution < -0.4 is 0 Å². The summed E-state index contributed by atoms with van der Waals surface area (Å²) in [6, 6.07) is 7.93. The fourth-order valence-corrected chi connectivity index (χ4v) is 3.11. The Morgan fingerprint density at radius 3 is 2.75 bits per heavy atom. The molecule has 0 saturated heterocycles. The van der Waals surface area contributed by atoms with Crippen LogP contribution in [0, 0.1) is 5.82 Å². The van der Waals surface area contributed by atoms with E-state index in [0.29, 0.717) is 17.8 Å². The van der Waals surface area contributed by atoms with E-state index < -0.39 is 5.97 Å². The second-order valence-corrected chi connectivity index (χ2v) is 5.59. The van der Waals surface area contributed by atoms with Gasteiger partial charge in [-0.1, -0.05) is 0 Å². The summed E-state index contributed by atoms with van der Waals surface area (Å²) in [6.45, 7) is 0. The molecule has 24 heavy (non-hydrogen) atoms. The van der Waals surface area contributed by atoms with E-state index in [1.54, 1.807) is 23.0 Å². The molecule has 0 fully saturated rings. The highest BCUT2D eigenvalue weighted by molar-refractivity contribution is 5.92. The van der Waals surface area contributed by atoms with Gasteiger partial charge in [-0.2, -0.15) is 5.10 Å². The Labute approximate surface area is 137 Å². The lowest BCUT2D eigenvalue weighted by molar-refractivity contribution is 0.0592. The minimum Gasteiger partial charge on any atom is -0.464 e. The number of hydrogen-bond acceptors (Lipinski definition) is 4. The van der Waals surface area contributed by atoms with E-state index in [0.717, 1.165) is 28.8 Å². The first-order valence-corrected chi connectivity index (χ1v) is 7.58. The van der Waals surface area contributed by atoms with Crippen molar-refractivity contribution in [3.05, 3.63) is 65.4 Å². The molecule has 5 nitrogen and oxygen atoms in total. The van der Waals surface area contributed by atoms with Crippen molar-refractivity contribution in [2.24, 2.45) is 0 Å². The van der Waals surface area contributed by atoms with Gasteiger partial charge in [0.2, 0.25) is 0 Å². The van der Waals surface area contributed by atoms with Gasteiger partial charge < -0.3 is 4.74 Å². The molecule has 0 unspecified atom stereocenters. The summed E-state index contributed by atoms with van der Waals surface area (Å²) in [4.78, 5) is 16.3. The van der Waals surface area contributed by atoms with Crippen LogP contribution in [0.2, 0.25) is 0 Å². The van der Waals surface area contributed by atoms with Crippen LogP contribution >= 0.6 is 0 Å². The predicted molar refractivity (Wildman–Crippen MR) is 85.5 cm³/mol. The maximum absolute atomic E-state index is 13.3. The lowest BCUT2D eigenvalue weighted by Crippen LogP contribution is -2.09. The maximum atomic E-state index is 13.3. The van der Waals surface area contributed by atoms with Crippen LogP contribution in [0.25, 0.3) is 16.9 Å². The molecule has 0 spiro atoms. The van der Waals surface area contributed by atoms with E-state index in [-0.39, 0.29) is 5.82 Å². The van der Waals surface area contributed by atoms with E-state index in [2.05, 4.69) is 10.1 Å². The fourth-order valence-electron chi connectivity index (χ4n) is 3.11. The molecule has 3 aromatic rings. The van der Waals surface area contributed by atoms with Gasteiger partial charge in [-0.15, -0.1) is 0 Å². The number of esters is 1. The van der Waals surface area contributed by atoms with E-state index >= 15 is 0 Å². The second kappa shape index (κ2) is 5.56. The van der Waals surface area contributed by atoms with Crippen LogP contribution in [-0.2, 0) is 17.6 Å². The van der Waals surface area contributed by atoms with Gasteiger partial charge in [-0.25, -0.2) is 13.9 Å². The molecule has 0 saturated carbocycles. The van der Waals surface area contributed by atoms with Gasteiger partial charge in [0, 0.05) is 23.5 Å². The molecule has 1 aromatic carbocycles. The molecule has 0 amide bonds. The van der Waals surface area contributed by atoms with Gasteiger partial charge in [-0.05, 0) is 48.7 Å². The first kappa shape index (κ1) is 14.6. The van der Waals surface area contributed by atoms with Crippen molar-refractivity contribution in [1.29, 1.82) is 0 Å². The van der Waals surface area contributed by atoms with E-state index in [9.17, 15) is 9.18 Å². The normalized spacial score (nSPS) is 12.4. The van der Waals surface area contributed by atoms with Crippen LogP contribution in [0.4, 0.5) is 4.39 Å². The van der Waals surface area contributed by atoms with Crippen molar-refractivity contribution < 1.29 is 13.9 Å². The average Bonchev–Trinajstić information content (AvgIpc) is 3.02. The van der Waals surface area contributed by atoms with Crippen LogP contribution in [0.5, 0.6) is 0 Å². The topological polar surface area (TPSA) is 57.0 Å². The SMILES string of the molecule is COC(=O)c1nn(-c2ccc(F)cc2)c2c1CCc1cnccc1-2. The third kappa shape index (κ3) is 2.19. The highest BCUT2D eigenvalue weighted by atomic mass is 19.1. The summed E-state index contributed by atoms with van der Waals surface area (Å²) < 4.78 is 19.8. The molecule has 0 N–H and O–H groups in total. The molecule has 6 heteroatoms. The van der Waals surface area contributed by atoms with Gasteiger partial charge in [0.15, 0.2) is 5.69 Å². The Hall–Kier alpha value is -3.02. The van der Waals surface area contributed by atoms with Crippen LogP contribution in [0.15, 0.2) is 42.7 Å². The molecule has 120 valence electrons. The number of carbonyl (C=O) groups is 1. The molecule has 2 aromatic heterocycles. The summed E-state index contributed by atoms with van der Waals surface area (Å²) in [7, 11) is 1.34. The molecular formula is C18H14FN3O2. The zero-order valence-corrected chi connectivity index (χ0v) is 13.0. The largest absolute Gasteiger partial charge is 0.464 e. The molecular weight excluding hydrogens is 309 g/mol. The number of aromatic nitrogens is 3. The number of rotatable bonds is 2. The van der Waals surface area contributed by atoms with Crippen molar-refractivity contribution in [1.82, 2.24) is 14.8 Å². The Morgan fingerprint density at radius 2 is 2.00 bits per heavy atom. The van der Waals surface area contributed by atoms with Crippen LogP contribution in [0.1, 0.15) is 21.6 Å². The van der Waals surface area contributed by atoms with Crippen LogP contribution in [0.3, 0.4) is 0 Å². The van der Waals surface area contributed by atoms with E-state index in [1.807, 2.05) is 12.3 Å². The molecule has 1 aliphatic carbocycles. The minimum absolute atomic E-state index is 0.305. The lowest BCUT2D eigenvalue weighted by Gasteiger charge is -2.18. The summed E-state index contributed by atoms with van der Waals surface area (Å²) in [5.41, 5.74) is 4.77. The summed E-state index contributed by atoms with van der Waals surface area (Å²) in [5.74, 6) is -0.790. The third-order valence-electron chi connectivity index (χ3n) is 4.24. The lowest BCUT2D eigenvalue weighted by atomic mass is 9.90. The smallest absolute Gasteiger partial charge is 0.358 e. The van der Waals surface area contributed by atoms with Gasteiger partial charge >= 0.3 is 5.97 Å². The average molecular weight is 323 g/mol. The number of ether oxygens (including phenoxy) is 1. The third-order valence-corrected chi connectivity index (χ3v) is 4.24. The standard InChI is InChI=1S/C18H14FN3O2/c1-24-18(23)16-15-7-2-11-10-20-9-8-14(11)17(15)22(21-16)13-5-3-12(19)4-6-13/h3-6,8-10H,2,7H2,1H3. The van der Waals surface area contributed by atoms with Crippen molar-refractivity contribution in [2.75, 3.05) is 7.11 Å². The zero-order chi connectivity index (χ0) is 16.7. The van der Waals surface area contributed by atoms with Crippen molar-refractivity contribution >= 4 is 5.97 Å². The molecule has 4 rings (SSSR count). The monoisotopic (exact) mass is 323 g/mol. The first-order chi connectivity index (χ1) is 11.7. The number of halogens is 1. The Bertz CT molecular complexity index is 932. The van der Waals surface area contributed by atoms with Crippen molar-refractivity contribution in [3.8, 4) is 16.9 Å². The van der Waals surface area contributed by atoms with Gasteiger partial charge in [-0.3, -0.25) is 4.98 Å². The summed E-state index contributed by atoms with van der Waals surface area (Å²) >= 11 is 0. The van der Waals surface area contributed by atoms with Crippen molar-refractivity contribution in [3.63, 3.8) is 0 Å². The van der Waals surface area contributed by atoms with E-state index in [1.165, 1.54) is 19.2 Å². The Morgan fingerprint density at radius 1 is 1.21 bits per heavy atom. The molecule has 0 bridgehead atoms. The predicted octanol–water partition coefficient (Wildman–Crippen LogP) is 2.96. The number of nitrogens with zero attached hydrogens (tertiary/aromatic N) is 3. The van der Waals surface area contributed by atoms with Gasteiger partial charge in [0.1, 0.15) is 5.82 Å². The number of hydrogen-bond donors (Lipinski definition) is 0.